The number of piperidine rings is 1. The zero-order chi connectivity index (χ0) is 21.1. The number of likely N-dealkylation sites (tertiary alicyclic amines) is 1. The second-order valence-corrected chi connectivity index (χ2v) is 8.41. The average Bonchev–Trinajstić information content (AvgIpc) is 3.17. The molecular weight excluding hydrogens is 371 g/mol. The molecule has 1 fully saturated rings. The molecule has 29 heavy (non-hydrogen) atoms. The van der Waals surface area contributed by atoms with E-state index in [0.717, 1.165) is 19.4 Å². The molecule has 6 nitrogen and oxygen atoms in total. The summed E-state index contributed by atoms with van der Waals surface area (Å²) in [6.07, 6.45) is 1.89. The quantitative estimate of drug-likeness (QED) is 0.728. The van der Waals surface area contributed by atoms with E-state index in [4.69, 9.17) is 4.52 Å². The van der Waals surface area contributed by atoms with Gasteiger partial charge in [-0.3, -0.25) is 9.69 Å². The third-order valence-corrected chi connectivity index (χ3v) is 5.60. The Balaban J connectivity index is 1.71. The number of carbonyl (C=O) groups is 1. The van der Waals surface area contributed by atoms with Gasteiger partial charge in [-0.05, 0) is 66.1 Å². The fourth-order valence-electron chi connectivity index (χ4n) is 4.18. The number of hydrogen-bond acceptors (Lipinski definition) is 5. The van der Waals surface area contributed by atoms with Crippen molar-refractivity contribution >= 4 is 5.91 Å². The third-order valence-electron chi connectivity index (χ3n) is 5.60. The van der Waals surface area contributed by atoms with E-state index in [9.17, 15) is 9.18 Å². The van der Waals surface area contributed by atoms with Gasteiger partial charge < -0.3 is 9.42 Å². The first-order valence-electron chi connectivity index (χ1n) is 10.4. The fraction of sp³-hybridized carbons (Fsp3) is 0.591. The van der Waals surface area contributed by atoms with Gasteiger partial charge in [-0.25, -0.2) is 4.39 Å². The van der Waals surface area contributed by atoms with Crippen LogP contribution in [-0.4, -0.2) is 57.1 Å². The molecule has 2 atom stereocenters. The molecule has 3 rings (SSSR count). The van der Waals surface area contributed by atoms with Crippen LogP contribution in [0.15, 0.2) is 28.8 Å². The van der Waals surface area contributed by atoms with Crippen molar-refractivity contribution in [1.29, 1.82) is 0 Å². The van der Waals surface area contributed by atoms with Gasteiger partial charge in [-0.2, -0.15) is 4.98 Å². The van der Waals surface area contributed by atoms with Gasteiger partial charge in [0.15, 0.2) is 0 Å². The molecule has 7 heteroatoms. The summed E-state index contributed by atoms with van der Waals surface area (Å²) in [5.74, 6) is 0.844. The highest BCUT2D eigenvalue weighted by atomic mass is 19.1. The van der Waals surface area contributed by atoms with Crippen LogP contribution in [0.3, 0.4) is 0 Å². The standard InChI is InChI=1S/C22H31FN4O2/c1-14(2)27(15(3)4)22(28)16(5)26-11-7-9-18(13-26)21-24-20(25-29-21)17-8-6-10-19(23)12-17/h6,8,10,12,14-16,18H,7,9,11,13H2,1-5H3. The molecule has 2 aromatic rings. The molecule has 0 bridgehead atoms. The Labute approximate surface area is 172 Å². The molecule has 0 spiro atoms. The van der Waals surface area contributed by atoms with Crippen molar-refractivity contribution in [3.63, 3.8) is 0 Å². The van der Waals surface area contributed by atoms with Gasteiger partial charge in [-0.1, -0.05) is 17.3 Å². The third kappa shape index (κ3) is 4.83. The van der Waals surface area contributed by atoms with E-state index < -0.39 is 0 Å². The summed E-state index contributed by atoms with van der Waals surface area (Å²) < 4.78 is 19.0. The molecule has 1 aliphatic heterocycles. The second-order valence-electron chi connectivity index (χ2n) is 8.41. The van der Waals surface area contributed by atoms with Crippen molar-refractivity contribution in [2.45, 2.75) is 71.5 Å². The van der Waals surface area contributed by atoms with Crippen molar-refractivity contribution < 1.29 is 13.7 Å². The molecule has 1 aliphatic rings. The first-order valence-corrected chi connectivity index (χ1v) is 10.4. The summed E-state index contributed by atoms with van der Waals surface area (Å²) in [6.45, 7) is 11.8. The van der Waals surface area contributed by atoms with E-state index in [1.54, 1.807) is 12.1 Å². The molecule has 0 saturated carbocycles. The Bertz CT molecular complexity index is 828. The average molecular weight is 403 g/mol. The number of halogens is 1. The van der Waals surface area contributed by atoms with Gasteiger partial charge in [0.05, 0.1) is 12.0 Å². The second kappa shape index (κ2) is 9.03. The van der Waals surface area contributed by atoms with Gasteiger partial charge in [0.25, 0.3) is 0 Å². The summed E-state index contributed by atoms with van der Waals surface area (Å²) >= 11 is 0. The summed E-state index contributed by atoms with van der Waals surface area (Å²) in [5.41, 5.74) is 0.598. The lowest BCUT2D eigenvalue weighted by Crippen LogP contribution is -2.53. The molecule has 0 aliphatic carbocycles. The highest BCUT2D eigenvalue weighted by Crippen LogP contribution is 2.29. The molecule has 0 N–H and O–H groups in total. The van der Waals surface area contributed by atoms with Crippen LogP contribution in [0.25, 0.3) is 11.4 Å². The molecule has 1 saturated heterocycles. The lowest BCUT2D eigenvalue weighted by molar-refractivity contribution is -0.140. The Morgan fingerprint density at radius 1 is 1.24 bits per heavy atom. The highest BCUT2D eigenvalue weighted by Gasteiger charge is 2.34. The van der Waals surface area contributed by atoms with E-state index >= 15 is 0 Å². The summed E-state index contributed by atoms with van der Waals surface area (Å²) in [5, 5.41) is 4.04. The van der Waals surface area contributed by atoms with Crippen molar-refractivity contribution in [2.24, 2.45) is 0 Å². The maximum Gasteiger partial charge on any atom is 0.240 e. The lowest BCUT2D eigenvalue weighted by Gasteiger charge is -2.39. The Hall–Kier alpha value is -2.28. The zero-order valence-electron chi connectivity index (χ0n) is 17.9. The first-order chi connectivity index (χ1) is 13.8. The van der Waals surface area contributed by atoms with Crippen molar-refractivity contribution in [3.05, 3.63) is 36.0 Å². The van der Waals surface area contributed by atoms with Crippen LogP contribution in [0.1, 0.15) is 59.3 Å². The van der Waals surface area contributed by atoms with E-state index in [2.05, 4.69) is 42.7 Å². The molecular formula is C22H31FN4O2. The minimum absolute atomic E-state index is 0.0698. The lowest BCUT2D eigenvalue weighted by atomic mass is 9.96. The van der Waals surface area contributed by atoms with Crippen LogP contribution in [0, 0.1) is 5.82 Å². The van der Waals surface area contributed by atoms with Crippen LogP contribution in [0.5, 0.6) is 0 Å². The summed E-state index contributed by atoms with van der Waals surface area (Å²) in [6, 6.07) is 6.30. The fourth-order valence-corrected chi connectivity index (χ4v) is 4.18. The smallest absolute Gasteiger partial charge is 0.240 e. The van der Waals surface area contributed by atoms with Crippen molar-refractivity contribution in [3.8, 4) is 11.4 Å². The SMILES string of the molecule is CC(C(=O)N(C(C)C)C(C)C)N1CCCC(c2nc(-c3cccc(F)c3)no2)C1. The maximum absolute atomic E-state index is 13.5. The Morgan fingerprint density at radius 2 is 1.97 bits per heavy atom. The number of aromatic nitrogens is 2. The van der Waals surface area contributed by atoms with Gasteiger partial charge in [0.2, 0.25) is 17.6 Å². The van der Waals surface area contributed by atoms with Gasteiger partial charge in [-0.15, -0.1) is 0 Å². The Kier molecular flexibility index (Phi) is 6.67. The van der Waals surface area contributed by atoms with Crippen LogP contribution >= 0.6 is 0 Å². The van der Waals surface area contributed by atoms with E-state index in [0.29, 0.717) is 23.8 Å². The molecule has 158 valence electrons. The van der Waals surface area contributed by atoms with Crippen LogP contribution in [0.4, 0.5) is 4.39 Å². The Morgan fingerprint density at radius 3 is 2.62 bits per heavy atom. The van der Waals surface area contributed by atoms with Crippen molar-refractivity contribution in [2.75, 3.05) is 13.1 Å². The maximum atomic E-state index is 13.5. The molecule has 0 radical (unpaired) electrons. The van der Waals surface area contributed by atoms with Gasteiger partial charge in [0.1, 0.15) is 5.82 Å². The number of benzene rings is 1. The zero-order valence-corrected chi connectivity index (χ0v) is 17.9. The number of rotatable bonds is 6. The highest BCUT2D eigenvalue weighted by molar-refractivity contribution is 5.82. The monoisotopic (exact) mass is 402 g/mol. The number of hydrogen-bond donors (Lipinski definition) is 0. The number of nitrogens with zero attached hydrogens (tertiary/aromatic N) is 4. The van der Waals surface area contributed by atoms with Gasteiger partial charge in [0, 0.05) is 24.2 Å². The molecule has 1 aromatic heterocycles. The molecule has 2 unspecified atom stereocenters. The van der Waals surface area contributed by atoms with Crippen molar-refractivity contribution in [1.82, 2.24) is 19.9 Å². The predicted molar refractivity (Wildman–Crippen MR) is 110 cm³/mol. The van der Waals surface area contributed by atoms with Crippen LogP contribution in [-0.2, 0) is 4.79 Å². The van der Waals surface area contributed by atoms with Crippen LogP contribution in [0.2, 0.25) is 0 Å². The molecule has 1 aromatic carbocycles. The minimum atomic E-state index is -0.329. The van der Waals surface area contributed by atoms with E-state index in [1.807, 2.05) is 11.8 Å². The number of carbonyl (C=O) groups excluding carboxylic acids is 1. The molecule has 2 heterocycles. The number of amides is 1. The topological polar surface area (TPSA) is 62.5 Å². The minimum Gasteiger partial charge on any atom is -0.339 e. The predicted octanol–water partition coefficient (Wildman–Crippen LogP) is 4.09. The largest absolute Gasteiger partial charge is 0.339 e. The van der Waals surface area contributed by atoms with E-state index in [-0.39, 0.29) is 35.8 Å². The van der Waals surface area contributed by atoms with E-state index in [1.165, 1.54) is 12.1 Å². The van der Waals surface area contributed by atoms with Gasteiger partial charge >= 0.3 is 0 Å². The first kappa shape index (κ1) is 21.4. The summed E-state index contributed by atoms with van der Waals surface area (Å²) in [7, 11) is 0. The normalized spacial score (nSPS) is 19.0. The summed E-state index contributed by atoms with van der Waals surface area (Å²) in [4.78, 5) is 21.8. The molecule has 1 amide bonds. The van der Waals surface area contributed by atoms with Crippen LogP contribution < -0.4 is 0 Å².